The number of methoxy groups -OCH3 is 1. The van der Waals surface area contributed by atoms with Gasteiger partial charge in [-0.3, -0.25) is 19.5 Å². The molecule has 2 aliphatic rings. The predicted octanol–water partition coefficient (Wildman–Crippen LogP) is 3.55. The summed E-state index contributed by atoms with van der Waals surface area (Å²) in [5.41, 5.74) is 3.33. The SMILES string of the molecule is COc1c(F)cccc1Nc1c(-c2ccncc2C#C[C@@]2(C)CCCN2C(=O)C#CCN(C)C)[nH]c2c1C(=O)NCC2. The van der Waals surface area contributed by atoms with E-state index in [1.807, 2.05) is 32.0 Å². The summed E-state index contributed by atoms with van der Waals surface area (Å²) in [6.45, 7) is 3.53. The van der Waals surface area contributed by atoms with Gasteiger partial charge in [-0.15, -0.1) is 0 Å². The van der Waals surface area contributed by atoms with Crippen LogP contribution in [0, 0.1) is 29.5 Å². The lowest BCUT2D eigenvalue weighted by molar-refractivity contribution is -0.127. The fourth-order valence-corrected chi connectivity index (χ4v) is 5.33. The summed E-state index contributed by atoms with van der Waals surface area (Å²) in [6, 6.07) is 6.39. The van der Waals surface area contributed by atoms with Gasteiger partial charge in [-0.2, -0.15) is 0 Å². The Balaban J connectivity index is 1.56. The first-order chi connectivity index (χ1) is 20.2. The second-order valence-electron chi connectivity index (χ2n) is 10.7. The van der Waals surface area contributed by atoms with Crippen LogP contribution >= 0.6 is 0 Å². The van der Waals surface area contributed by atoms with Crippen LogP contribution in [0.5, 0.6) is 5.75 Å². The Morgan fingerprint density at radius 2 is 2.14 bits per heavy atom. The zero-order valence-corrected chi connectivity index (χ0v) is 24.2. The molecular formula is C32H33FN6O3. The van der Waals surface area contributed by atoms with Gasteiger partial charge in [-0.05, 0) is 58.0 Å². The summed E-state index contributed by atoms with van der Waals surface area (Å²) in [7, 11) is 5.20. The van der Waals surface area contributed by atoms with Crippen molar-refractivity contribution in [2.45, 2.75) is 31.7 Å². The van der Waals surface area contributed by atoms with Crippen LogP contribution in [-0.4, -0.2) is 78.0 Å². The first kappa shape index (κ1) is 28.7. The Bertz CT molecular complexity index is 1660. The summed E-state index contributed by atoms with van der Waals surface area (Å²) >= 11 is 0. The molecule has 0 bridgehead atoms. The number of H-pyrrole nitrogens is 1. The summed E-state index contributed by atoms with van der Waals surface area (Å²) < 4.78 is 19.9. The highest BCUT2D eigenvalue weighted by Gasteiger charge is 2.38. The number of rotatable bonds is 5. The predicted molar refractivity (Wildman–Crippen MR) is 159 cm³/mol. The molecular weight excluding hydrogens is 535 g/mol. The quantitative estimate of drug-likeness (QED) is 0.407. The molecule has 3 N–H and O–H groups in total. The monoisotopic (exact) mass is 568 g/mol. The Kier molecular flexibility index (Phi) is 8.19. The fraction of sp³-hybridized carbons (Fsp3) is 0.344. The minimum Gasteiger partial charge on any atom is -0.492 e. The average molecular weight is 569 g/mol. The Hall–Kier alpha value is -4.80. The van der Waals surface area contributed by atoms with Gasteiger partial charge in [0.2, 0.25) is 0 Å². The number of nitrogens with one attached hydrogen (secondary N) is 3. The number of benzene rings is 1. The second-order valence-corrected chi connectivity index (χ2v) is 10.7. The van der Waals surface area contributed by atoms with Gasteiger partial charge in [0, 0.05) is 43.2 Å². The van der Waals surface area contributed by atoms with Gasteiger partial charge in [0.15, 0.2) is 11.6 Å². The normalized spacial score (nSPS) is 17.5. The van der Waals surface area contributed by atoms with Crippen LogP contribution in [-0.2, 0) is 11.2 Å². The maximum Gasteiger partial charge on any atom is 0.299 e. The van der Waals surface area contributed by atoms with Crippen LogP contribution < -0.4 is 15.4 Å². The van der Waals surface area contributed by atoms with Gasteiger partial charge in [-0.25, -0.2) is 4.39 Å². The smallest absolute Gasteiger partial charge is 0.299 e. The molecule has 2 aliphatic heterocycles. The van der Waals surface area contributed by atoms with E-state index in [-0.39, 0.29) is 17.6 Å². The topological polar surface area (TPSA) is 103 Å². The van der Waals surface area contributed by atoms with Crippen LogP contribution in [0.25, 0.3) is 11.3 Å². The highest BCUT2D eigenvalue weighted by molar-refractivity contribution is 6.06. The number of amides is 2. The van der Waals surface area contributed by atoms with Crippen molar-refractivity contribution in [3.63, 3.8) is 0 Å². The number of aromatic amines is 1. The minimum absolute atomic E-state index is 0.0389. The Morgan fingerprint density at radius 1 is 1.31 bits per heavy atom. The number of nitrogens with zero attached hydrogens (tertiary/aromatic N) is 3. The molecule has 42 heavy (non-hydrogen) atoms. The molecule has 0 aliphatic carbocycles. The number of hydrogen-bond donors (Lipinski definition) is 3. The first-order valence-electron chi connectivity index (χ1n) is 13.8. The molecule has 216 valence electrons. The van der Waals surface area contributed by atoms with Crippen molar-refractivity contribution < 1.29 is 18.7 Å². The lowest BCUT2D eigenvalue weighted by Gasteiger charge is -2.28. The molecule has 4 heterocycles. The van der Waals surface area contributed by atoms with Crippen molar-refractivity contribution in [2.24, 2.45) is 0 Å². The number of halogens is 1. The number of aromatic nitrogens is 2. The van der Waals surface area contributed by atoms with E-state index in [1.54, 1.807) is 29.4 Å². The number of carbonyl (C=O) groups excluding carboxylic acids is 2. The molecule has 0 unspecified atom stereocenters. The van der Waals surface area contributed by atoms with Crippen molar-refractivity contribution in [3.8, 4) is 40.7 Å². The van der Waals surface area contributed by atoms with E-state index in [0.717, 1.165) is 18.5 Å². The van der Waals surface area contributed by atoms with Gasteiger partial charge in [0.05, 0.1) is 41.9 Å². The van der Waals surface area contributed by atoms with Crippen LogP contribution in [0.1, 0.15) is 41.4 Å². The number of carbonyl (C=O) groups is 2. The van der Waals surface area contributed by atoms with E-state index >= 15 is 0 Å². The van der Waals surface area contributed by atoms with Crippen molar-refractivity contribution in [1.82, 2.24) is 25.1 Å². The number of hydrogen-bond acceptors (Lipinski definition) is 6. The molecule has 5 rings (SSSR count). The van der Waals surface area contributed by atoms with E-state index in [4.69, 9.17) is 4.74 Å². The van der Waals surface area contributed by atoms with E-state index in [9.17, 15) is 14.0 Å². The summed E-state index contributed by atoms with van der Waals surface area (Å²) in [4.78, 5) is 37.3. The maximum absolute atomic E-state index is 14.5. The fourth-order valence-electron chi connectivity index (χ4n) is 5.33. The Labute approximate surface area is 244 Å². The summed E-state index contributed by atoms with van der Waals surface area (Å²) in [5.74, 6) is 11.3. The summed E-state index contributed by atoms with van der Waals surface area (Å²) in [5, 5.41) is 6.15. The number of ether oxygens (including phenoxy) is 1. The third-order valence-corrected chi connectivity index (χ3v) is 7.43. The minimum atomic E-state index is -0.693. The Morgan fingerprint density at radius 3 is 2.93 bits per heavy atom. The highest BCUT2D eigenvalue weighted by atomic mass is 19.1. The zero-order chi connectivity index (χ0) is 29.9. The zero-order valence-electron chi connectivity index (χ0n) is 24.2. The molecule has 9 nitrogen and oxygen atoms in total. The summed E-state index contributed by atoms with van der Waals surface area (Å²) in [6.07, 6.45) is 5.47. The molecule has 3 aromatic rings. The molecule has 10 heteroatoms. The largest absolute Gasteiger partial charge is 0.492 e. The maximum atomic E-state index is 14.5. The lowest BCUT2D eigenvalue weighted by Crippen LogP contribution is -2.43. The third kappa shape index (κ3) is 5.67. The molecule has 0 saturated carbocycles. The number of para-hydroxylation sites is 1. The first-order valence-corrected chi connectivity index (χ1v) is 13.8. The number of anilines is 2. The molecule has 0 radical (unpaired) electrons. The number of pyridine rings is 1. The molecule has 2 amide bonds. The van der Waals surface area contributed by atoms with Crippen LogP contribution in [0.2, 0.25) is 0 Å². The van der Waals surface area contributed by atoms with Crippen LogP contribution in [0.3, 0.4) is 0 Å². The third-order valence-electron chi connectivity index (χ3n) is 7.43. The van der Waals surface area contributed by atoms with Crippen molar-refractivity contribution in [1.29, 1.82) is 0 Å². The second kappa shape index (κ2) is 12.0. The van der Waals surface area contributed by atoms with Crippen molar-refractivity contribution >= 4 is 23.2 Å². The van der Waals surface area contributed by atoms with Gasteiger partial charge in [0.1, 0.15) is 5.54 Å². The lowest BCUT2D eigenvalue weighted by atomic mass is 9.97. The van der Waals surface area contributed by atoms with E-state index in [1.165, 1.54) is 13.2 Å². The van der Waals surface area contributed by atoms with E-state index in [2.05, 4.69) is 44.3 Å². The molecule has 0 spiro atoms. The molecule has 1 saturated heterocycles. The number of fused-ring (bicyclic) bond motifs is 1. The molecule has 2 aromatic heterocycles. The van der Waals surface area contributed by atoms with Gasteiger partial charge < -0.3 is 25.3 Å². The van der Waals surface area contributed by atoms with Crippen LogP contribution in [0.15, 0.2) is 36.7 Å². The standard InChI is InChI=1S/C32H33FN6O3/c1-32(14-7-19-39(32)26(40)10-6-18-38(2)3)15-11-21-20-34-16-12-22(21)28-29(27-24(36-28)13-17-35-31(27)41)37-25-9-5-8-23(33)30(25)42-4/h5,8-9,12,16,20,36-37H,7,13-14,17-19H2,1-4H3,(H,35,41)/t32-/m1/s1. The van der Waals surface area contributed by atoms with Crippen molar-refractivity contribution in [2.75, 3.05) is 46.2 Å². The molecule has 1 aromatic carbocycles. The van der Waals surface area contributed by atoms with Crippen molar-refractivity contribution in [3.05, 3.63) is 59.3 Å². The molecule has 1 atom stereocenters. The van der Waals surface area contributed by atoms with E-state index < -0.39 is 11.4 Å². The van der Waals surface area contributed by atoms with Crippen LogP contribution in [0.4, 0.5) is 15.8 Å². The van der Waals surface area contributed by atoms with Gasteiger partial charge in [-0.1, -0.05) is 23.8 Å². The highest BCUT2D eigenvalue weighted by Crippen LogP contribution is 2.40. The average Bonchev–Trinajstić information content (AvgIpc) is 3.53. The van der Waals surface area contributed by atoms with Gasteiger partial charge >= 0.3 is 0 Å². The number of likely N-dealkylation sites (tertiary alicyclic amines) is 1. The van der Waals surface area contributed by atoms with E-state index in [0.29, 0.717) is 59.8 Å². The van der Waals surface area contributed by atoms with Gasteiger partial charge in [0.25, 0.3) is 11.8 Å². The molecule has 1 fully saturated rings.